The average molecular weight is 249 g/mol. The van der Waals surface area contributed by atoms with Gasteiger partial charge in [-0.2, -0.15) is 13.2 Å². The molecule has 1 heterocycles. The highest BCUT2D eigenvalue weighted by atomic mass is 19.4. The summed E-state index contributed by atoms with van der Waals surface area (Å²) in [6.07, 6.45) is -4.17. The molecule has 0 spiro atoms. The molecule has 0 aliphatic carbocycles. The Morgan fingerprint density at radius 2 is 2.18 bits per heavy atom. The van der Waals surface area contributed by atoms with Gasteiger partial charge in [0.05, 0.1) is 17.7 Å². The highest BCUT2D eigenvalue weighted by molar-refractivity contribution is 5.96. The molecular weight excluding hydrogens is 239 g/mol. The largest absolute Gasteiger partial charge is 0.478 e. The number of carboxylic acid groups (broad SMARTS) is 1. The summed E-state index contributed by atoms with van der Waals surface area (Å²) in [5.74, 6) is -1.32. The number of nitrogens with two attached hydrogens (primary N) is 1. The van der Waals surface area contributed by atoms with Gasteiger partial charge in [-0.05, 0) is 6.07 Å². The van der Waals surface area contributed by atoms with Crippen LogP contribution in [0.4, 0.5) is 24.7 Å². The van der Waals surface area contributed by atoms with E-state index in [0.29, 0.717) is 0 Å². The van der Waals surface area contributed by atoms with Gasteiger partial charge < -0.3 is 16.2 Å². The van der Waals surface area contributed by atoms with Gasteiger partial charge >= 0.3 is 12.1 Å². The number of nitrogens with one attached hydrogen (secondary N) is 1. The zero-order valence-corrected chi connectivity index (χ0v) is 8.58. The number of nitrogen functional groups attached to an aromatic ring is 1. The monoisotopic (exact) mass is 249 g/mol. The second-order valence-electron chi connectivity index (χ2n) is 3.22. The molecule has 0 aliphatic rings. The molecule has 0 radical (unpaired) electrons. The number of rotatable bonds is 4. The number of aromatic carboxylic acids is 1. The fourth-order valence-corrected chi connectivity index (χ4v) is 1.12. The maximum absolute atomic E-state index is 11.9. The van der Waals surface area contributed by atoms with E-state index in [4.69, 9.17) is 10.8 Å². The zero-order valence-electron chi connectivity index (χ0n) is 8.58. The molecule has 94 valence electrons. The van der Waals surface area contributed by atoms with Gasteiger partial charge in [-0.3, -0.25) is 0 Å². The predicted octanol–water partition coefficient (Wildman–Crippen LogP) is 1.73. The van der Waals surface area contributed by atoms with Crippen LogP contribution in [0, 0.1) is 0 Å². The molecule has 0 aliphatic heterocycles. The van der Waals surface area contributed by atoms with Crippen molar-refractivity contribution >= 4 is 17.5 Å². The molecule has 0 saturated carbocycles. The van der Waals surface area contributed by atoms with Crippen molar-refractivity contribution in [3.05, 3.63) is 17.8 Å². The van der Waals surface area contributed by atoms with Crippen LogP contribution in [0.25, 0.3) is 0 Å². The molecule has 0 bridgehead atoms. The van der Waals surface area contributed by atoms with Crippen LogP contribution in [0.2, 0.25) is 0 Å². The van der Waals surface area contributed by atoms with Gasteiger partial charge in [0.2, 0.25) is 0 Å². The molecule has 0 aromatic carbocycles. The summed E-state index contributed by atoms with van der Waals surface area (Å²) >= 11 is 0. The Balaban J connectivity index is 2.72. The highest BCUT2D eigenvalue weighted by Gasteiger charge is 2.26. The van der Waals surface area contributed by atoms with E-state index < -0.39 is 25.1 Å². The topological polar surface area (TPSA) is 88.2 Å². The Labute approximate surface area is 94.5 Å². The summed E-state index contributed by atoms with van der Waals surface area (Å²) in [4.78, 5) is 14.4. The van der Waals surface area contributed by atoms with Crippen molar-refractivity contribution in [1.82, 2.24) is 4.98 Å². The van der Waals surface area contributed by atoms with Crippen LogP contribution in [0.3, 0.4) is 0 Å². The summed E-state index contributed by atoms with van der Waals surface area (Å²) in [7, 11) is 0. The Morgan fingerprint density at radius 3 is 2.71 bits per heavy atom. The van der Waals surface area contributed by atoms with Crippen LogP contribution in [0.15, 0.2) is 12.3 Å². The second kappa shape index (κ2) is 4.89. The van der Waals surface area contributed by atoms with Crippen LogP contribution in [0.5, 0.6) is 0 Å². The number of alkyl halides is 3. The third-order valence-corrected chi connectivity index (χ3v) is 1.92. The maximum Gasteiger partial charge on any atom is 0.390 e. The van der Waals surface area contributed by atoms with Crippen molar-refractivity contribution in [2.24, 2.45) is 0 Å². The van der Waals surface area contributed by atoms with Gasteiger partial charge in [0.1, 0.15) is 5.82 Å². The minimum atomic E-state index is -4.29. The minimum Gasteiger partial charge on any atom is -0.478 e. The third-order valence-electron chi connectivity index (χ3n) is 1.92. The van der Waals surface area contributed by atoms with E-state index in [1.54, 1.807) is 0 Å². The first-order chi connectivity index (χ1) is 7.81. The van der Waals surface area contributed by atoms with Crippen molar-refractivity contribution in [2.75, 3.05) is 17.6 Å². The molecule has 1 rings (SSSR count). The van der Waals surface area contributed by atoms with Gasteiger partial charge in [0, 0.05) is 12.7 Å². The van der Waals surface area contributed by atoms with Gasteiger partial charge in [0.25, 0.3) is 0 Å². The zero-order chi connectivity index (χ0) is 13.1. The molecule has 4 N–H and O–H groups in total. The van der Waals surface area contributed by atoms with Gasteiger partial charge in [-0.1, -0.05) is 0 Å². The normalized spacial score (nSPS) is 11.2. The number of anilines is 2. The summed E-state index contributed by atoms with van der Waals surface area (Å²) in [6.45, 7) is -0.413. The molecule has 1 aromatic heterocycles. The lowest BCUT2D eigenvalue weighted by atomic mass is 10.2. The summed E-state index contributed by atoms with van der Waals surface area (Å²) in [5.41, 5.74) is 5.07. The van der Waals surface area contributed by atoms with Crippen LogP contribution in [-0.4, -0.2) is 28.8 Å². The minimum absolute atomic E-state index is 0.0610. The molecule has 17 heavy (non-hydrogen) atoms. The lowest BCUT2D eigenvalue weighted by molar-refractivity contribution is -0.131. The fraction of sp³-hybridized carbons (Fsp3) is 0.333. The van der Waals surface area contributed by atoms with E-state index >= 15 is 0 Å². The van der Waals surface area contributed by atoms with Crippen LogP contribution < -0.4 is 11.1 Å². The Kier molecular flexibility index (Phi) is 3.77. The number of nitrogens with zero attached hydrogens (tertiary/aromatic N) is 1. The van der Waals surface area contributed by atoms with Crippen LogP contribution in [0.1, 0.15) is 16.8 Å². The van der Waals surface area contributed by atoms with Crippen LogP contribution >= 0.6 is 0 Å². The van der Waals surface area contributed by atoms with Gasteiger partial charge in [-0.25, -0.2) is 9.78 Å². The Bertz CT molecular complexity index is 420. The highest BCUT2D eigenvalue weighted by Crippen LogP contribution is 2.22. The third kappa shape index (κ3) is 3.82. The van der Waals surface area contributed by atoms with E-state index in [1.165, 1.54) is 6.07 Å². The molecule has 5 nitrogen and oxygen atoms in total. The first-order valence-corrected chi connectivity index (χ1v) is 4.59. The van der Waals surface area contributed by atoms with Gasteiger partial charge in [0.15, 0.2) is 0 Å². The Hall–Kier alpha value is -1.99. The lowest BCUT2D eigenvalue weighted by Gasteiger charge is -2.11. The van der Waals surface area contributed by atoms with Gasteiger partial charge in [-0.15, -0.1) is 0 Å². The number of pyridine rings is 1. The van der Waals surface area contributed by atoms with E-state index in [1.807, 2.05) is 0 Å². The molecule has 0 atom stereocenters. The summed E-state index contributed by atoms with van der Waals surface area (Å²) in [6, 6.07) is 1.17. The predicted molar refractivity (Wildman–Crippen MR) is 54.8 cm³/mol. The van der Waals surface area contributed by atoms with Crippen molar-refractivity contribution < 1.29 is 23.1 Å². The fourth-order valence-electron chi connectivity index (χ4n) is 1.12. The number of carbonyl (C=O) groups is 1. The lowest BCUT2D eigenvalue weighted by Crippen LogP contribution is -2.16. The standard InChI is InChI=1S/C9H10F3N3O2/c10-9(11,12)2-4-15-7-6(13)5(8(16)17)1-3-14-7/h1,3H,2,4,13H2,(H,14,15)(H,16,17). The SMILES string of the molecule is Nc1c(C(=O)O)ccnc1NCCC(F)(F)F. The quantitative estimate of drug-likeness (QED) is 0.756. The number of hydrogen-bond donors (Lipinski definition) is 3. The Morgan fingerprint density at radius 1 is 1.53 bits per heavy atom. The molecular formula is C9H10F3N3O2. The number of aromatic nitrogens is 1. The van der Waals surface area contributed by atoms with E-state index in [9.17, 15) is 18.0 Å². The molecule has 0 unspecified atom stereocenters. The number of hydrogen-bond acceptors (Lipinski definition) is 4. The van der Waals surface area contributed by atoms with E-state index in [-0.39, 0.29) is 17.1 Å². The summed E-state index contributed by atoms with van der Waals surface area (Å²) in [5, 5.41) is 11.1. The van der Waals surface area contributed by atoms with Crippen molar-refractivity contribution in [3.63, 3.8) is 0 Å². The average Bonchev–Trinajstić information content (AvgIpc) is 2.18. The van der Waals surface area contributed by atoms with Crippen molar-refractivity contribution in [2.45, 2.75) is 12.6 Å². The number of carboxylic acids is 1. The van der Waals surface area contributed by atoms with Crippen LogP contribution in [-0.2, 0) is 0 Å². The first-order valence-electron chi connectivity index (χ1n) is 4.59. The molecule has 1 aromatic rings. The van der Waals surface area contributed by atoms with E-state index in [2.05, 4.69) is 10.3 Å². The maximum atomic E-state index is 11.9. The van der Waals surface area contributed by atoms with Crippen molar-refractivity contribution in [1.29, 1.82) is 0 Å². The molecule has 0 fully saturated rings. The smallest absolute Gasteiger partial charge is 0.390 e. The first kappa shape index (κ1) is 13.1. The van der Waals surface area contributed by atoms with Crippen molar-refractivity contribution in [3.8, 4) is 0 Å². The summed E-state index contributed by atoms with van der Waals surface area (Å²) < 4.78 is 35.6. The number of halogens is 3. The second-order valence-corrected chi connectivity index (χ2v) is 3.22. The molecule has 0 saturated heterocycles. The molecule has 0 amide bonds. The molecule has 8 heteroatoms. The van der Waals surface area contributed by atoms with E-state index in [0.717, 1.165) is 6.20 Å².